The zero-order valence-electron chi connectivity index (χ0n) is 10.6. The van der Waals surface area contributed by atoms with Gasteiger partial charge in [-0.3, -0.25) is 14.5 Å². The van der Waals surface area contributed by atoms with Crippen molar-refractivity contribution in [3.05, 3.63) is 35.7 Å². The molecule has 2 heterocycles. The van der Waals surface area contributed by atoms with Gasteiger partial charge in [0, 0.05) is 12.7 Å². The van der Waals surface area contributed by atoms with Crippen LogP contribution in [-0.2, 0) is 6.54 Å². The third-order valence-electron chi connectivity index (χ3n) is 2.71. The van der Waals surface area contributed by atoms with E-state index in [2.05, 4.69) is 15.4 Å². The Balaban J connectivity index is 2.33. The van der Waals surface area contributed by atoms with Crippen LogP contribution < -0.4 is 11.1 Å². The van der Waals surface area contributed by atoms with Crippen molar-refractivity contribution < 1.29 is 9.18 Å². The molecule has 0 radical (unpaired) electrons. The first-order valence-electron chi connectivity index (χ1n) is 5.78. The van der Waals surface area contributed by atoms with E-state index in [1.807, 2.05) is 6.92 Å². The lowest BCUT2D eigenvalue weighted by molar-refractivity contribution is 0.101. The average molecular weight is 263 g/mol. The number of aryl methyl sites for hydroxylation is 2. The van der Waals surface area contributed by atoms with Gasteiger partial charge in [0.1, 0.15) is 5.69 Å². The normalized spacial score (nSPS) is 10.5. The highest BCUT2D eigenvalue weighted by Gasteiger charge is 2.20. The summed E-state index contributed by atoms with van der Waals surface area (Å²) in [6, 6.07) is 1.38. The SMILES string of the molecule is CCn1nc(C)c(N)c1C(=O)Nc1ccncc1F. The molecule has 0 aliphatic carbocycles. The van der Waals surface area contributed by atoms with Crippen LogP contribution in [0.4, 0.5) is 15.8 Å². The largest absolute Gasteiger partial charge is 0.395 e. The molecular weight excluding hydrogens is 249 g/mol. The van der Waals surface area contributed by atoms with E-state index in [1.54, 1.807) is 6.92 Å². The number of nitrogen functional groups attached to an aromatic ring is 1. The second kappa shape index (κ2) is 5.05. The molecule has 7 heteroatoms. The third kappa shape index (κ3) is 2.40. The third-order valence-corrected chi connectivity index (χ3v) is 2.71. The van der Waals surface area contributed by atoms with E-state index in [-0.39, 0.29) is 11.4 Å². The second-order valence-electron chi connectivity index (χ2n) is 3.97. The van der Waals surface area contributed by atoms with Gasteiger partial charge in [0.15, 0.2) is 5.82 Å². The molecule has 19 heavy (non-hydrogen) atoms. The van der Waals surface area contributed by atoms with E-state index < -0.39 is 11.7 Å². The molecule has 0 spiro atoms. The van der Waals surface area contributed by atoms with Gasteiger partial charge in [0.2, 0.25) is 0 Å². The van der Waals surface area contributed by atoms with Crippen molar-refractivity contribution in [2.45, 2.75) is 20.4 Å². The summed E-state index contributed by atoms with van der Waals surface area (Å²) in [5.41, 5.74) is 6.98. The molecule has 0 unspecified atom stereocenters. The van der Waals surface area contributed by atoms with E-state index in [1.165, 1.54) is 16.9 Å². The van der Waals surface area contributed by atoms with Crippen LogP contribution >= 0.6 is 0 Å². The lowest BCUT2D eigenvalue weighted by atomic mass is 10.2. The fourth-order valence-electron chi connectivity index (χ4n) is 1.72. The minimum absolute atomic E-state index is 0.0564. The summed E-state index contributed by atoms with van der Waals surface area (Å²) in [4.78, 5) is 15.8. The van der Waals surface area contributed by atoms with Gasteiger partial charge in [-0.1, -0.05) is 0 Å². The predicted molar refractivity (Wildman–Crippen MR) is 69.2 cm³/mol. The highest BCUT2D eigenvalue weighted by Crippen LogP contribution is 2.19. The Bertz CT molecular complexity index is 623. The fraction of sp³-hybridized carbons (Fsp3) is 0.250. The van der Waals surface area contributed by atoms with Gasteiger partial charge >= 0.3 is 0 Å². The molecule has 6 nitrogen and oxygen atoms in total. The van der Waals surface area contributed by atoms with Crippen molar-refractivity contribution in [3.63, 3.8) is 0 Å². The smallest absolute Gasteiger partial charge is 0.276 e. The van der Waals surface area contributed by atoms with E-state index in [0.29, 0.717) is 17.9 Å². The van der Waals surface area contributed by atoms with Gasteiger partial charge in [0.05, 0.1) is 23.3 Å². The number of anilines is 2. The fourth-order valence-corrected chi connectivity index (χ4v) is 1.72. The first kappa shape index (κ1) is 13.0. The van der Waals surface area contributed by atoms with E-state index >= 15 is 0 Å². The molecule has 0 saturated heterocycles. The van der Waals surface area contributed by atoms with Gasteiger partial charge in [-0.05, 0) is 19.9 Å². The molecule has 0 saturated carbocycles. The molecule has 0 bridgehead atoms. The highest BCUT2D eigenvalue weighted by atomic mass is 19.1. The first-order chi connectivity index (χ1) is 9.04. The van der Waals surface area contributed by atoms with Crippen LogP contribution in [0.2, 0.25) is 0 Å². The zero-order valence-corrected chi connectivity index (χ0v) is 10.6. The van der Waals surface area contributed by atoms with Gasteiger partial charge < -0.3 is 11.1 Å². The number of rotatable bonds is 3. The van der Waals surface area contributed by atoms with Crippen LogP contribution in [0.3, 0.4) is 0 Å². The summed E-state index contributed by atoms with van der Waals surface area (Å²) in [5, 5.41) is 6.60. The minimum Gasteiger partial charge on any atom is -0.395 e. The van der Waals surface area contributed by atoms with Crippen LogP contribution in [0.25, 0.3) is 0 Å². The molecule has 0 fully saturated rings. The lowest BCUT2D eigenvalue weighted by Crippen LogP contribution is -2.19. The molecule has 1 amide bonds. The van der Waals surface area contributed by atoms with E-state index in [4.69, 9.17) is 5.73 Å². The Morgan fingerprint density at radius 3 is 2.95 bits per heavy atom. The number of hydrogen-bond donors (Lipinski definition) is 2. The Hall–Kier alpha value is -2.44. The van der Waals surface area contributed by atoms with Gasteiger partial charge in [-0.2, -0.15) is 5.10 Å². The maximum Gasteiger partial charge on any atom is 0.276 e. The van der Waals surface area contributed by atoms with Gasteiger partial charge in [0.25, 0.3) is 5.91 Å². The topological polar surface area (TPSA) is 85.8 Å². The van der Waals surface area contributed by atoms with Crippen molar-refractivity contribution in [2.75, 3.05) is 11.1 Å². The first-order valence-corrected chi connectivity index (χ1v) is 5.78. The van der Waals surface area contributed by atoms with E-state index in [0.717, 1.165) is 6.20 Å². The van der Waals surface area contributed by atoms with Gasteiger partial charge in [-0.25, -0.2) is 4.39 Å². The monoisotopic (exact) mass is 263 g/mol. The van der Waals surface area contributed by atoms with Crippen molar-refractivity contribution in [1.29, 1.82) is 0 Å². The van der Waals surface area contributed by atoms with Crippen LogP contribution in [0.1, 0.15) is 23.1 Å². The van der Waals surface area contributed by atoms with Crippen molar-refractivity contribution in [2.24, 2.45) is 0 Å². The summed E-state index contributed by atoms with van der Waals surface area (Å²) in [6.07, 6.45) is 2.42. The highest BCUT2D eigenvalue weighted by molar-refractivity contribution is 6.06. The molecule has 0 aromatic carbocycles. The van der Waals surface area contributed by atoms with Crippen LogP contribution in [0.5, 0.6) is 0 Å². The molecular formula is C12H14FN5O. The Morgan fingerprint density at radius 1 is 1.58 bits per heavy atom. The Kier molecular flexibility index (Phi) is 3.46. The molecule has 2 rings (SSSR count). The maximum atomic E-state index is 13.4. The van der Waals surface area contributed by atoms with Crippen molar-refractivity contribution >= 4 is 17.3 Å². The summed E-state index contributed by atoms with van der Waals surface area (Å²) in [7, 11) is 0. The van der Waals surface area contributed by atoms with Crippen LogP contribution in [-0.4, -0.2) is 20.7 Å². The average Bonchev–Trinajstić information content (AvgIpc) is 2.68. The number of halogens is 1. The van der Waals surface area contributed by atoms with Crippen LogP contribution in [0.15, 0.2) is 18.5 Å². The quantitative estimate of drug-likeness (QED) is 0.880. The number of carbonyl (C=O) groups excluding carboxylic acids is 1. The molecule has 100 valence electrons. The summed E-state index contributed by atoms with van der Waals surface area (Å²) in [6.45, 7) is 4.06. The standard InChI is InChI=1S/C12H14FN5O/c1-3-18-11(10(14)7(2)17-18)12(19)16-9-4-5-15-6-8(9)13/h4-6H,3,14H2,1-2H3,(H,15,16,19). The Morgan fingerprint density at radius 2 is 2.32 bits per heavy atom. The number of aromatic nitrogens is 3. The van der Waals surface area contributed by atoms with Crippen molar-refractivity contribution in [1.82, 2.24) is 14.8 Å². The van der Waals surface area contributed by atoms with Gasteiger partial charge in [-0.15, -0.1) is 0 Å². The summed E-state index contributed by atoms with van der Waals surface area (Å²) >= 11 is 0. The number of nitrogens with one attached hydrogen (secondary N) is 1. The molecule has 3 N–H and O–H groups in total. The number of nitrogens with two attached hydrogens (primary N) is 1. The molecule has 0 aliphatic rings. The molecule has 0 atom stereocenters. The number of nitrogens with zero attached hydrogens (tertiary/aromatic N) is 3. The maximum absolute atomic E-state index is 13.4. The number of carbonyl (C=O) groups is 1. The zero-order chi connectivity index (χ0) is 14.0. The molecule has 2 aromatic heterocycles. The Labute approximate surface area is 109 Å². The lowest BCUT2D eigenvalue weighted by Gasteiger charge is -2.08. The minimum atomic E-state index is -0.603. The van der Waals surface area contributed by atoms with Crippen LogP contribution in [0, 0.1) is 12.7 Å². The predicted octanol–water partition coefficient (Wildman–Crippen LogP) is 1.58. The molecule has 0 aliphatic heterocycles. The summed E-state index contributed by atoms with van der Waals surface area (Å²) in [5.74, 6) is -1.10. The number of amides is 1. The van der Waals surface area contributed by atoms with Crippen molar-refractivity contribution in [3.8, 4) is 0 Å². The second-order valence-corrected chi connectivity index (χ2v) is 3.97. The molecule has 2 aromatic rings. The summed E-state index contributed by atoms with van der Waals surface area (Å²) < 4.78 is 14.9. The van der Waals surface area contributed by atoms with E-state index in [9.17, 15) is 9.18 Å². The number of hydrogen-bond acceptors (Lipinski definition) is 4. The number of pyridine rings is 1.